The summed E-state index contributed by atoms with van der Waals surface area (Å²) in [5.41, 5.74) is 2.27. The molecule has 2 aliphatic rings. The van der Waals surface area contributed by atoms with Crippen molar-refractivity contribution in [2.45, 2.75) is 65.7 Å². The van der Waals surface area contributed by atoms with Crippen LogP contribution in [0, 0.1) is 18.7 Å². The number of rotatable bonds is 6. The lowest BCUT2D eigenvalue weighted by molar-refractivity contribution is -0.116. The van der Waals surface area contributed by atoms with Crippen LogP contribution >= 0.6 is 0 Å². The molecule has 0 radical (unpaired) electrons. The first-order valence-corrected chi connectivity index (χ1v) is 11.1. The molecular weight excluding hydrogens is 409 g/mol. The molecule has 6 heteroatoms. The molecule has 1 aromatic carbocycles. The van der Waals surface area contributed by atoms with Gasteiger partial charge in [-0.05, 0) is 52.2 Å². The van der Waals surface area contributed by atoms with Crippen molar-refractivity contribution in [3.8, 4) is 0 Å². The SMILES string of the molecule is CC(=O)C1=C(C)NC(C)=C(C(=O)CCC2CCC2)C1c1cc(F)cc2c(=O)cc(C)oc12. The minimum atomic E-state index is -0.800. The fourth-order valence-corrected chi connectivity index (χ4v) is 4.97. The van der Waals surface area contributed by atoms with E-state index in [2.05, 4.69) is 5.32 Å². The summed E-state index contributed by atoms with van der Waals surface area (Å²) in [5, 5.41) is 3.27. The van der Waals surface area contributed by atoms with Crippen molar-refractivity contribution >= 4 is 22.5 Å². The summed E-state index contributed by atoms with van der Waals surface area (Å²) in [6.07, 6.45) is 4.66. The molecule has 1 unspecified atom stereocenters. The number of nitrogens with one attached hydrogen (secondary N) is 1. The van der Waals surface area contributed by atoms with E-state index in [1.165, 1.54) is 25.5 Å². The maximum atomic E-state index is 14.7. The summed E-state index contributed by atoms with van der Waals surface area (Å²) in [7, 11) is 0. The molecule has 0 bridgehead atoms. The number of Topliss-reactive ketones (excluding diaryl/α,β-unsaturated/α-hetero) is 2. The first kappa shape index (κ1) is 22.2. The number of carbonyl (C=O) groups is 2. The molecule has 1 aromatic heterocycles. The molecule has 4 rings (SSSR count). The normalized spacial score (nSPS) is 19.2. The Bertz CT molecular complexity index is 1250. The van der Waals surface area contributed by atoms with Gasteiger partial charge < -0.3 is 9.73 Å². The summed E-state index contributed by atoms with van der Waals surface area (Å²) in [6, 6.07) is 3.74. The molecule has 0 saturated heterocycles. The van der Waals surface area contributed by atoms with Crippen molar-refractivity contribution in [1.29, 1.82) is 0 Å². The Morgan fingerprint density at radius 1 is 1.09 bits per heavy atom. The van der Waals surface area contributed by atoms with Gasteiger partial charge in [-0.25, -0.2) is 4.39 Å². The number of hydrogen-bond donors (Lipinski definition) is 1. The summed E-state index contributed by atoms with van der Waals surface area (Å²) in [6.45, 7) is 6.65. The van der Waals surface area contributed by atoms with Crippen LogP contribution in [0.2, 0.25) is 0 Å². The monoisotopic (exact) mass is 437 g/mol. The quantitative estimate of drug-likeness (QED) is 0.671. The number of ketones is 2. The Balaban J connectivity index is 1.92. The average molecular weight is 438 g/mol. The van der Waals surface area contributed by atoms with Gasteiger partial charge >= 0.3 is 0 Å². The van der Waals surface area contributed by atoms with Crippen LogP contribution in [-0.2, 0) is 9.59 Å². The Hall–Kier alpha value is -3.02. The summed E-state index contributed by atoms with van der Waals surface area (Å²) < 4.78 is 20.6. The van der Waals surface area contributed by atoms with Gasteiger partial charge in [-0.1, -0.05) is 19.3 Å². The van der Waals surface area contributed by atoms with Crippen LogP contribution in [0.3, 0.4) is 0 Å². The van der Waals surface area contributed by atoms with Gasteiger partial charge in [0.15, 0.2) is 17.0 Å². The van der Waals surface area contributed by atoms with Crippen molar-refractivity contribution in [2.75, 3.05) is 0 Å². The van der Waals surface area contributed by atoms with Crippen LogP contribution in [0.5, 0.6) is 0 Å². The van der Waals surface area contributed by atoms with Crippen molar-refractivity contribution in [1.82, 2.24) is 5.32 Å². The van der Waals surface area contributed by atoms with Gasteiger partial charge in [0.25, 0.3) is 0 Å². The van der Waals surface area contributed by atoms with Crippen LogP contribution in [-0.4, -0.2) is 11.6 Å². The smallest absolute Gasteiger partial charge is 0.193 e. The Kier molecular flexibility index (Phi) is 5.89. The molecule has 5 nitrogen and oxygen atoms in total. The van der Waals surface area contributed by atoms with E-state index in [9.17, 15) is 18.8 Å². The van der Waals surface area contributed by atoms with Gasteiger partial charge in [0, 0.05) is 46.5 Å². The fourth-order valence-electron chi connectivity index (χ4n) is 4.97. The van der Waals surface area contributed by atoms with Crippen LogP contribution < -0.4 is 10.7 Å². The topological polar surface area (TPSA) is 76.4 Å². The van der Waals surface area contributed by atoms with Gasteiger partial charge in [-0.2, -0.15) is 0 Å². The Labute approximate surface area is 186 Å². The standard InChI is InChI=1S/C26H28FNO4/c1-13-10-22(31)19-11-18(27)12-20(26(19)32-13)25-23(16(4)29)14(2)28-15(3)24(25)21(30)9-8-17-6-5-7-17/h10-12,17,25,28H,5-9H2,1-4H3. The summed E-state index contributed by atoms with van der Waals surface area (Å²) >= 11 is 0. The fraction of sp³-hybridized carbons (Fsp3) is 0.423. The number of allylic oxidation sites excluding steroid dienone is 4. The molecule has 168 valence electrons. The number of hydrogen-bond acceptors (Lipinski definition) is 5. The molecule has 0 amide bonds. The van der Waals surface area contributed by atoms with Crippen LogP contribution in [0.15, 0.2) is 50.0 Å². The van der Waals surface area contributed by atoms with Crippen LogP contribution in [0.25, 0.3) is 11.0 Å². The van der Waals surface area contributed by atoms with E-state index >= 15 is 0 Å². The third-order valence-corrected chi connectivity index (χ3v) is 6.70. The second-order valence-corrected chi connectivity index (χ2v) is 9.04. The van der Waals surface area contributed by atoms with E-state index in [1.54, 1.807) is 20.8 Å². The zero-order chi connectivity index (χ0) is 23.2. The minimum Gasteiger partial charge on any atom is -0.461 e. The van der Waals surface area contributed by atoms with Gasteiger partial charge in [-0.15, -0.1) is 0 Å². The van der Waals surface area contributed by atoms with Gasteiger partial charge in [0.2, 0.25) is 0 Å². The molecule has 1 saturated carbocycles. The van der Waals surface area contributed by atoms with Crippen molar-refractivity contribution in [3.63, 3.8) is 0 Å². The van der Waals surface area contributed by atoms with E-state index in [0.717, 1.165) is 25.3 Å². The molecule has 2 heterocycles. The van der Waals surface area contributed by atoms with Gasteiger partial charge in [0.05, 0.1) is 5.39 Å². The highest BCUT2D eigenvalue weighted by Crippen LogP contribution is 2.42. The molecule has 1 aliphatic heterocycles. The van der Waals surface area contributed by atoms with Crippen LogP contribution in [0.4, 0.5) is 4.39 Å². The Morgan fingerprint density at radius 2 is 1.78 bits per heavy atom. The maximum Gasteiger partial charge on any atom is 0.193 e. The van der Waals surface area contributed by atoms with Crippen molar-refractivity contribution < 1.29 is 18.4 Å². The zero-order valence-corrected chi connectivity index (χ0v) is 18.9. The predicted molar refractivity (Wildman–Crippen MR) is 121 cm³/mol. The van der Waals surface area contributed by atoms with E-state index in [4.69, 9.17) is 4.42 Å². The Morgan fingerprint density at radius 3 is 2.41 bits per heavy atom. The predicted octanol–water partition coefficient (Wildman–Crippen LogP) is 5.21. The molecule has 2 aromatic rings. The largest absolute Gasteiger partial charge is 0.461 e. The minimum absolute atomic E-state index is 0.0643. The summed E-state index contributed by atoms with van der Waals surface area (Å²) in [5.74, 6) is -0.745. The molecular formula is C26H28FNO4. The first-order valence-electron chi connectivity index (χ1n) is 11.1. The first-order chi connectivity index (χ1) is 15.2. The van der Waals surface area contributed by atoms with Crippen LogP contribution in [0.1, 0.15) is 70.1 Å². The average Bonchev–Trinajstić information content (AvgIpc) is 2.65. The van der Waals surface area contributed by atoms with Crippen molar-refractivity contribution in [3.05, 3.63) is 68.1 Å². The number of carbonyl (C=O) groups excluding carboxylic acids is 2. The highest BCUT2D eigenvalue weighted by Gasteiger charge is 2.37. The van der Waals surface area contributed by atoms with Gasteiger partial charge in [0.1, 0.15) is 17.2 Å². The van der Waals surface area contributed by atoms with E-state index in [0.29, 0.717) is 46.2 Å². The second kappa shape index (κ2) is 8.49. The highest BCUT2D eigenvalue weighted by molar-refractivity contribution is 6.05. The molecule has 32 heavy (non-hydrogen) atoms. The van der Waals surface area contributed by atoms with E-state index in [1.807, 2.05) is 0 Å². The lowest BCUT2D eigenvalue weighted by Gasteiger charge is -2.32. The maximum absolute atomic E-state index is 14.7. The second-order valence-electron chi connectivity index (χ2n) is 9.04. The number of benzene rings is 1. The third kappa shape index (κ3) is 3.94. The molecule has 1 fully saturated rings. The molecule has 1 N–H and O–H groups in total. The number of halogens is 1. The van der Waals surface area contributed by atoms with E-state index < -0.39 is 11.7 Å². The number of dihydropyridines is 1. The highest BCUT2D eigenvalue weighted by atomic mass is 19.1. The number of aryl methyl sites for hydroxylation is 1. The lowest BCUT2D eigenvalue weighted by Crippen LogP contribution is -2.31. The van der Waals surface area contributed by atoms with Crippen molar-refractivity contribution in [2.24, 2.45) is 5.92 Å². The number of fused-ring (bicyclic) bond motifs is 1. The molecule has 1 atom stereocenters. The summed E-state index contributed by atoms with van der Waals surface area (Å²) in [4.78, 5) is 38.7. The molecule has 0 spiro atoms. The molecule has 1 aliphatic carbocycles. The van der Waals surface area contributed by atoms with Gasteiger partial charge in [-0.3, -0.25) is 14.4 Å². The lowest BCUT2D eigenvalue weighted by atomic mass is 9.75. The third-order valence-electron chi connectivity index (χ3n) is 6.70. The van der Waals surface area contributed by atoms with E-state index in [-0.39, 0.29) is 28.0 Å². The zero-order valence-electron chi connectivity index (χ0n) is 18.9.